The highest BCUT2D eigenvalue weighted by molar-refractivity contribution is 5.92. The normalized spacial score (nSPS) is 15.3. The van der Waals surface area contributed by atoms with Crippen LogP contribution in [0.2, 0.25) is 0 Å². The van der Waals surface area contributed by atoms with Crippen molar-refractivity contribution in [1.29, 1.82) is 0 Å². The van der Waals surface area contributed by atoms with E-state index in [1.54, 1.807) is 7.11 Å². The Bertz CT molecular complexity index is 523. The summed E-state index contributed by atoms with van der Waals surface area (Å²) >= 11 is 0. The number of nitrogens with one attached hydrogen (secondary N) is 1. The van der Waals surface area contributed by atoms with E-state index in [4.69, 9.17) is 9.84 Å². The van der Waals surface area contributed by atoms with E-state index in [2.05, 4.69) is 5.32 Å². The van der Waals surface area contributed by atoms with Crippen molar-refractivity contribution in [1.82, 2.24) is 5.32 Å². The van der Waals surface area contributed by atoms with Gasteiger partial charge in [-0.1, -0.05) is 18.2 Å². The quantitative estimate of drug-likeness (QED) is 0.719. The third-order valence-corrected chi connectivity index (χ3v) is 3.91. The molecule has 2 rings (SSSR count). The number of aliphatic carboxylic acids is 1. The van der Waals surface area contributed by atoms with Crippen molar-refractivity contribution in [2.75, 3.05) is 13.7 Å². The number of hydrogen-bond donors (Lipinski definition) is 2. The highest BCUT2D eigenvalue weighted by Gasteiger charge is 2.52. The summed E-state index contributed by atoms with van der Waals surface area (Å²) in [5, 5.41) is 11.5. The van der Waals surface area contributed by atoms with E-state index < -0.39 is 11.4 Å². The van der Waals surface area contributed by atoms with Gasteiger partial charge in [0.15, 0.2) is 0 Å². The maximum Gasteiger partial charge on any atom is 0.303 e. The number of carbonyl (C=O) groups excluding carboxylic acids is 1. The number of unbranched alkanes of at least 4 members (excludes halogenated alkanes) is 1. The summed E-state index contributed by atoms with van der Waals surface area (Å²) in [4.78, 5) is 22.8. The number of methoxy groups -OCH3 is 1. The first-order valence-corrected chi connectivity index (χ1v) is 7.24. The lowest BCUT2D eigenvalue weighted by molar-refractivity contribution is -0.137. The van der Waals surface area contributed by atoms with E-state index in [1.165, 1.54) is 0 Å². The summed E-state index contributed by atoms with van der Waals surface area (Å²) in [5.41, 5.74) is 0.481. The summed E-state index contributed by atoms with van der Waals surface area (Å²) in [6, 6.07) is 7.62. The third kappa shape index (κ3) is 3.54. The number of ether oxygens (including phenoxy) is 1. The van der Waals surface area contributed by atoms with E-state index in [9.17, 15) is 9.59 Å². The number of carboxylic acid groups (broad SMARTS) is 1. The zero-order valence-corrected chi connectivity index (χ0v) is 12.2. The lowest BCUT2D eigenvalue weighted by atomic mass is 9.94. The van der Waals surface area contributed by atoms with Gasteiger partial charge in [-0.3, -0.25) is 9.59 Å². The van der Waals surface area contributed by atoms with Gasteiger partial charge in [-0.15, -0.1) is 0 Å². The van der Waals surface area contributed by atoms with Gasteiger partial charge < -0.3 is 15.2 Å². The van der Waals surface area contributed by atoms with Crippen LogP contribution in [0.5, 0.6) is 5.75 Å². The molecule has 0 aromatic heterocycles. The van der Waals surface area contributed by atoms with E-state index in [-0.39, 0.29) is 12.3 Å². The molecule has 0 unspecified atom stereocenters. The zero-order valence-electron chi connectivity index (χ0n) is 12.2. The van der Waals surface area contributed by atoms with Crippen LogP contribution < -0.4 is 10.1 Å². The van der Waals surface area contributed by atoms with Crippen molar-refractivity contribution in [3.05, 3.63) is 29.8 Å². The second kappa shape index (κ2) is 6.61. The van der Waals surface area contributed by atoms with Gasteiger partial charge in [0.2, 0.25) is 5.91 Å². The van der Waals surface area contributed by atoms with Crippen molar-refractivity contribution in [2.45, 2.75) is 37.5 Å². The standard InChI is InChI=1S/C16H21NO4/c1-21-13-7-3-2-6-12(13)16(9-10-16)15(20)17-11-5-4-8-14(18)19/h2-3,6-7H,4-5,8-11H2,1H3,(H,17,20)(H,18,19). The minimum Gasteiger partial charge on any atom is -0.496 e. The third-order valence-electron chi connectivity index (χ3n) is 3.91. The van der Waals surface area contributed by atoms with Crippen molar-refractivity contribution in [2.24, 2.45) is 0 Å². The lowest BCUT2D eigenvalue weighted by Gasteiger charge is -2.18. The average Bonchev–Trinajstić information content (AvgIpc) is 3.28. The van der Waals surface area contributed by atoms with Crippen LogP contribution in [0, 0.1) is 0 Å². The Kier molecular flexibility index (Phi) is 4.83. The second-order valence-corrected chi connectivity index (χ2v) is 5.39. The van der Waals surface area contributed by atoms with E-state index in [0.717, 1.165) is 24.2 Å². The Morgan fingerprint density at radius 2 is 2.00 bits per heavy atom. The number of benzene rings is 1. The van der Waals surface area contributed by atoms with Gasteiger partial charge in [-0.2, -0.15) is 0 Å². The lowest BCUT2D eigenvalue weighted by Crippen LogP contribution is -2.35. The molecule has 1 amide bonds. The molecule has 0 bridgehead atoms. The molecule has 1 aromatic carbocycles. The van der Waals surface area contributed by atoms with Crippen LogP contribution in [0.4, 0.5) is 0 Å². The van der Waals surface area contributed by atoms with Crippen LogP contribution in [-0.4, -0.2) is 30.6 Å². The number of carbonyl (C=O) groups is 2. The van der Waals surface area contributed by atoms with Crippen molar-refractivity contribution in [3.63, 3.8) is 0 Å². The van der Waals surface area contributed by atoms with Gasteiger partial charge in [0, 0.05) is 18.5 Å². The van der Waals surface area contributed by atoms with Crippen LogP contribution in [0.15, 0.2) is 24.3 Å². The Morgan fingerprint density at radius 1 is 1.29 bits per heavy atom. The highest BCUT2D eigenvalue weighted by atomic mass is 16.5. The maximum absolute atomic E-state index is 12.4. The molecule has 1 aliphatic carbocycles. The van der Waals surface area contributed by atoms with Gasteiger partial charge in [-0.25, -0.2) is 0 Å². The highest BCUT2D eigenvalue weighted by Crippen LogP contribution is 2.51. The summed E-state index contributed by atoms with van der Waals surface area (Å²) in [6.07, 6.45) is 3.06. The molecule has 0 aliphatic heterocycles. The molecule has 114 valence electrons. The Hall–Kier alpha value is -2.04. The molecule has 0 saturated heterocycles. The fourth-order valence-electron chi connectivity index (χ4n) is 2.56. The van der Waals surface area contributed by atoms with Gasteiger partial charge in [0.25, 0.3) is 0 Å². The average molecular weight is 291 g/mol. The number of amides is 1. The smallest absolute Gasteiger partial charge is 0.303 e. The molecular formula is C16H21NO4. The maximum atomic E-state index is 12.4. The van der Waals surface area contributed by atoms with E-state index >= 15 is 0 Å². The van der Waals surface area contributed by atoms with Crippen LogP contribution in [0.1, 0.15) is 37.7 Å². The fraction of sp³-hybridized carbons (Fsp3) is 0.500. The van der Waals surface area contributed by atoms with Crippen molar-refractivity contribution in [3.8, 4) is 5.75 Å². The summed E-state index contributed by atoms with van der Waals surface area (Å²) in [5.74, 6) is -0.0348. The molecule has 0 atom stereocenters. The van der Waals surface area contributed by atoms with E-state index in [1.807, 2.05) is 24.3 Å². The van der Waals surface area contributed by atoms with Crippen molar-refractivity contribution < 1.29 is 19.4 Å². The predicted molar refractivity (Wildman–Crippen MR) is 78.4 cm³/mol. The van der Waals surface area contributed by atoms with Gasteiger partial charge in [0.1, 0.15) is 5.75 Å². The number of rotatable bonds is 8. The Balaban J connectivity index is 1.91. The first-order valence-electron chi connectivity index (χ1n) is 7.24. The topological polar surface area (TPSA) is 75.6 Å². The molecule has 1 aliphatic rings. The van der Waals surface area contributed by atoms with Crippen LogP contribution in [0.3, 0.4) is 0 Å². The molecular weight excluding hydrogens is 270 g/mol. The minimum absolute atomic E-state index is 0.0160. The minimum atomic E-state index is -0.797. The molecule has 0 spiro atoms. The monoisotopic (exact) mass is 291 g/mol. The SMILES string of the molecule is COc1ccccc1C1(C(=O)NCCCCC(=O)O)CC1. The molecule has 1 fully saturated rings. The molecule has 1 aromatic rings. The largest absolute Gasteiger partial charge is 0.496 e. The molecule has 0 heterocycles. The first kappa shape index (κ1) is 15.4. The zero-order chi connectivity index (χ0) is 15.3. The number of carboxylic acids is 1. The van der Waals surface area contributed by atoms with Gasteiger partial charge in [-0.05, 0) is 31.7 Å². The first-order chi connectivity index (χ1) is 10.1. The summed E-state index contributed by atoms with van der Waals surface area (Å²) < 4.78 is 5.35. The van der Waals surface area contributed by atoms with Gasteiger partial charge >= 0.3 is 5.97 Å². The number of para-hydroxylation sites is 1. The molecule has 1 saturated carbocycles. The van der Waals surface area contributed by atoms with Crippen molar-refractivity contribution >= 4 is 11.9 Å². The molecule has 2 N–H and O–H groups in total. The fourth-order valence-corrected chi connectivity index (χ4v) is 2.56. The van der Waals surface area contributed by atoms with Gasteiger partial charge in [0.05, 0.1) is 12.5 Å². The number of hydrogen-bond acceptors (Lipinski definition) is 3. The Labute approximate surface area is 124 Å². The van der Waals surface area contributed by atoms with Crippen LogP contribution in [0.25, 0.3) is 0 Å². The van der Waals surface area contributed by atoms with Crippen LogP contribution in [-0.2, 0) is 15.0 Å². The molecule has 0 radical (unpaired) electrons. The summed E-state index contributed by atoms with van der Waals surface area (Å²) in [6.45, 7) is 0.517. The second-order valence-electron chi connectivity index (χ2n) is 5.39. The Morgan fingerprint density at radius 3 is 2.62 bits per heavy atom. The predicted octanol–water partition coefficient (Wildman–Crippen LogP) is 2.10. The summed E-state index contributed by atoms with van der Waals surface area (Å²) in [7, 11) is 1.61. The molecule has 21 heavy (non-hydrogen) atoms. The molecule has 5 nitrogen and oxygen atoms in total. The van der Waals surface area contributed by atoms with E-state index in [0.29, 0.717) is 19.4 Å². The molecule has 5 heteroatoms. The van der Waals surface area contributed by atoms with Crippen LogP contribution >= 0.6 is 0 Å².